The van der Waals surface area contributed by atoms with E-state index in [0.717, 1.165) is 28.3 Å². The number of carbonyl (C=O) groups excluding carboxylic acids is 2. The molecular formula is C23H24N4O2. The van der Waals surface area contributed by atoms with E-state index in [1.54, 1.807) is 4.90 Å². The van der Waals surface area contributed by atoms with Gasteiger partial charge in [-0.05, 0) is 45.0 Å². The summed E-state index contributed by atoms with van der Waals surface area (Å²) in [4.78, 5) is 27.1. The molecule has 29 heavy (non-hydrogen) atoms. The maximum Gasteiger partial charge on any atom is 0.229 e. The molecule has 2 heterocycles. The van der Waals surface area contributed by atoms with Gasteiger partial charge in [0.2, 0.25) is 11.8 Å². The monoisotopic (exact) mass is 388 g/mol. The quantitative estimate of drug-likeness (QED) is 0.739. The molecule has 0 radical (unpaired) electrons. The first-order valence-corrected chi connectivity index (χ1v) is 9.73. The molecule has 1 aromatic heterocycles. The normalized spacial score (nSPS) is 16.3. The van der Waals surface area contributed by atoms with Crippen molar-refractivity contribution in [1.82, 2.24) is 9.78 Å². The third kappa shape index (κ3) is 3.66. The van der Waals surface area contributed by atoms with Gasteiger partial charge in [0, 0.05) is 18.7 Å². The summed E-state index contributed by atoms with van der Waals surface area (Å²) in [5.74, 6) is -0.558. The van der Waals surface area contributed by atoms with E-state index in [9.17, 15) is 9.59 Å². The highest BCUT2D eigenvalue weighted by atomic mass is 16.2. The van der Waals surface area contributed by atoms with E-state index in [4.69, 9.17) is 0 Å². The van der Waals surface area contributed by atoms with Crippen LogP contribution in [0, 0.1) is 26.7 Å². The van der Waals surface area contributed by atoms with Gasteiger partial charge in [0.05, 0.1) is 28.7 Å². The Kier molecular flexibility index (Phi) is 4.92. The summed E-state index contributed by atoms with van der Waals surface area (Å²) in [5, 5.41) is 7.58. The first-order valence-electron chi connectivity index (χ1n) is 9.73. The van der Waals surface area contributed by atoms with Gasteiger partial charge in [-0.2, -0.15) is 5.10 Å². The summed E-state index contributed by atoms with van der Waals surface area (Å²) >= 11 is 0. The van der Waals surface area contributed by atoms with E-state index < -0.39 is 0 Å². The number of aromatic nitrogens is 2. The van der Waals surface area contributed by atoms with E-state index in [1.807, 2.05) is 80.1 Å². The lowest BCUT2D eigenvalue weighted by Gasteiger charge is -2.17. The molecule has 0 spiro atoms. The van der Waals surface area contributed by atoms with Crippen molar-refractivity contribution in [3.05, 3.63) is 71.5 Å². The number of hydrogen-bond donors (Lipinski definition) is 1. The van der Waals surface area contributed by atoms with Crippen molar-refractivity contribution in [2.45, 2.75) is 27.2 Å². The molecule has 0 unspecified atom stereocenters. The summed E-state index contributed by atoms with van der Waals surface area (Å²) in [6.45, 7) is 6.20. The lowest BCUT2D eigenvalue weighted by atomic mass is 10.1. The van der Waals surface area contributed by atoms with Gasteiger partial charge in [0.15, 0.2) is 0 Å². The molecule has 0 bridgehead atoms. The van der Waals surface area contributed by atoms with E-state index in [2.05, 4.69) is 10.4 Å². The maximum atomic E-state index is 12.9. The number of aryl methyl sites for hydroxylation is 2. The Morgan fingerprint density at radius 1 is 1.00 bits per heavy atom. The molecular weight excluding hydrogens is 364 g/mol. The van der Waals surface area contributed by atoms with Gasteiger partial charge in [0.1, 0.15) is 0 Å². The first-order chi connectivity index (χ1) is 13.9. The Morgan fingerprint density at radius 3 is 2.38 bits per heavy atom. The molecule has 1 aliphatic heterocycles. The molecule has 148 valence electrons. The van der Waals surface area contributed by atoms with Crippen LogP contribution < -0.4 is 10.2 Å². The Labute approximate surface area is 170 Å². The summed E-state index contributed by atoms with van der Waals surface area (Å²) in [6, 6.07) is 17.6. The van der Waals surface area contributed by atoms with Crippen LogP contribution in [0.5, 0.6) is 0 Å². The van der Waals surface area contributed by atoms with Crippen LogP contribution in [0.1, 0.15) is 23.4 Å². The Hall–Kier alpha value is -3.41. The smallest absolute Gasteiger partial charge is 0.229 e. The number of para-hydroxylation sites is 1. The fraction of sp³-hybridized carbons (Fsp3) is 0.261. The highest BCUT2D eigenvalue weighted by Crippen LogP contribution is 2.28. The van der Waals surface area contributed by atoms with Crippen LogP contribution in [-0.2, 0) is 9.59 Å². The lowest BCUT2D eigenvalue weighted by molar-refractivity contribution is -0.122. The Bertz CT molecular complexity index is 1050. The van der Waals surface area contributed by atoms with Crippen LogP contribution >= 0.6 is 0 Å². The number of nitrogens with one attached hydrogen (secondary N) is 1. The highest BCUT2D eigenvalue weighted by Gasteiger charge is 2.35. The zero-order valence-electron chi connectivity index (χ0n) is 16.8. The van der Waals surface area contributed by atoms with Gasteiger partial charge in [0.25, 0.3) is 0 Å². The maximum absolute atomic E-state index is 12.9. The molecule has 0 saturated carbocycles. The average molecular weight is 388 g/mol. The number of carbonyl (C=O) groups is 2. The van der Waals surface area contributed by atoms with Crippen molar-refractivity contribution in [2.75, 3.05) is 16.8 Å². The minimum atomic E-state index is -0.386. The molecule has 1 fully saturated rings. The molecule has 6 nitrogen and oxygen atoms in total. The van der Waals surface area contributed by atoms with Gasteiger partial charge in [-0.1, -0.05) is 35.9 Å². The van der Waals surface area contributed by atoms with Gasteiger partial charge in [-0.3, -0.25) is 9.59 Å². The van der Waals surface area contributed by atoms with Crippen LogP contribution in [0.25, 0.3) is 5.69 Å². The molecule has 1 saturated heterocycles. The molecule has 1 atom stereocenters. The SMILES string of the molecule is Cc1ccc(N2C[C@@H](C(=O)Nc3c(C)nn(-c4ccccc4)c3C)CC2=O)cc1. The predicted molar refractivity (Wildman–Crippen MR) is 113 cm³/mol. The molecule has 2 aromatic carbocycles. The molecule has 1 aliphatic rings. The van der Waals surface area contributed by atoms with Crippen molar-refractivity contribution >= 4 is 23.2 Å². The second-order valence-corrected chi connectivity index (χ2v) is 7.52. The van der Waals surface area contributed by atoms with E-state index >= 15 is 0 Å². The van der Waals surface area contributed by atoms with E-state index in [1.165, 1.54) is 0 Å². The summed E-state index contributed by atoms with van der Waals surface area (Å²) < 4.78 is 1.82. The van der Waals surface area contributed by atoms with Gasteiger partial charge >= 0.3 is 0 Å². The Balaban J connectivity index is 1.51. The Morgan fingerprint density at radius 2 is 1.69 bits per heavy atom. The topological polar surface area (TPSA) is 67.2 Å². The fourth-order valence-corrected chi connectivity index (χ4v) is 3.73. The van der Waals surface area contributed by atoms with Crippen LogP contribution in [0.2, 0.25) is 0 Å². The van der Waals surface area contributed by atoms with Gasteiger partial charge < -0.3 is 10.2 Å². The molecule has 6 heteroatoms. The fourth-order valence-electron chi connectivity index (χ4n) is 3.73. The average Bonchev–Trinajstić information content (AvgIpc) is 3.24. The lowest BCUT2D eigenvalue weighted by Crippen LogP contribution is -2.28. The molecule has 3 aromatic rings. The third-order valence-corrected chi connectivity index (χ3v) is 5.38. The molecule has 2 amide bonds. The second-order valence-electron chi connectivity index (χ2n) is 7.52. The highest BCUT2D eigenvalue weighted by molar-refractivity contribution is 6.03. The number of rotatable bonds is 4. The number of amides is 2. The summed E-state index contributed by atoms with van der Waals surface area (Å²) in [5.41, 5.74) is 5.23. The van der Waals surface area contributed by atoms with Crippen LogP contribution in [0.3, 0.4) is 0 Å². The van der Waals surface area contributed by atoms with Crippen molar-refractivity contribution in [3.63, 3.8) is 0 Å². The molecule has 0 aliphatic carbocycles. The van der Waals surface area contributed by atoms with Crippen molar-refractivity contribution in [1.29, 1.82) is 0 Å². The number of hydrogen-bond acceptors (Lipinski definition) is 3. The van der Waals surface area contributed by atoms with Gasteiger partial charge in [-0.15, -0.1) is 0 Å². The number of nitrogens with zero attached hydrogens (tertiary/aromatic N) is 3. The van der Waals surface area contributed by atoms with Crippen LogP contribution in [-0.4, -0.2) is 28.1 Å². The second kappa shape index (κ2) is 7.54. The summed E-state index contributed by atoms with van der Waals surface area (Å²) in [6.07, 6.45) is 0.213. The minimum Gasteiger partial charge on any atom is -0.323 e. The third-order valence-electron chi connectivity index (χ3n) is 5.38. The number of anilines is 2. The van der Waals surface area contributed by atoms with Crippen molar-refractivity contribution in [2.24, 2.45) is 5.92 Å². The predicted octanol–water partition coefficient (Wildman–Crippen LogP) is 3.79. The number of benzene rings is 2. The largest absolute Gasteiger partial charge is 0.323 e. The molecule has 4 rings (SSSR count). The van der Waals surface area contributed by atoms with Crippen LogP contribution in [0.15, 0.2) is 54.6 Å². The summed E-state index contributed by atoms with van der Waals surface area (Å²) in [7, 11) is 0. The standard InChI is InChI=1S/C23H24N4O2/c1-15-9-11-19(12-10-15)26-14-18(13-21(26)28)23(29)24-22-16(2)25-27(17(22)3)20-7-5-4-6-8-20/h4-12,18H,13-14H2,1-3H3,(H,24,29)/t18-/m0/s1. The van der Waals surface area contributed by atoms with E-state index in [0.29, 0.717) is 12.2 Å². The van der Waals surface area contributed by atoms with Gasteiger partial charge in [-0.25, -0.2) is 4.68 Å². The minimum absolute atomic E-state index is 0.0255. The zero-order valence-corrected chi connectivity index (χ0v) is 16.8. The first kappa shape index (κ1) is 18.9. The molecule has 1 N–H and O–H groups in total. The van der Waals surface area contributed by atoms with Crippen molar-refractivity contribution < 1.29 is 9.59 Å². The van der Waals surface area contributed by atoms with Crippen LogP contribution in [0.4, 0.5) is 11.4 Å². The zero-order chi connectivity index (χ0) is 20.5. The van der Waals surface area contributed by atoms with E-state index in [-0.39, 0.29) is 24.2 Å². The van der Waals surface area contributed by atoms with Crippen molar-refractivity contribution in [3.8, 4) is 5.69 Å².